The first kappa shape index (κ1) is 12.5. The summed E-state index contributed by atoms with van der Waals surface area (Å²) in [6.45, 7) is 5.26. The Labute approximate surface area is 104 Å². The van der Waals surface area contributed by atoms with Gasteiger partial charge in [-0.3, -0.25) is 4.98 Å². The fourth-order valence-corrected chi connectivity index (χ4v) is 2.82. The van der Waals surface area contributed by atoms with Crippen molar-refractivity contribution in [2.75, 3.05) is 13.7 Å². The average Bonchev–Trinajstić information content (AvgIpc) is 2.78. The second-order valence-corrected chi connectivity index (χ2v) is 5.00. The topological polar surface area (TPSA) is 34.1 Å². The van der Waals surface area contributed by atoms with Crippen LogP contribution in [0, 0.1) is 5.92 Å². The quantitative estimate of drug-likeness (QED) is 0.867. The number of nitrogens with one attached hydrogen (secondary N) is 1. The van der Waals surface area contributed by atoms with Gasteiger partial charge in [-0.05, 0) is 32.5 Å². The van der Waals surface area contributed by atoms with Crippen LogP contribution in [0.4, 0.5) is 0 Å². The van der Waals surface area contributed by atoms with Gasteiger partial charge in [0.25, 0.3) is 0 Å². The maximum Gasteiger partial charge on any atom is 0.0551 e. The minimum Gasteiger partial charge on any atom is -0.378 e. The molecule has 0 saturated carbocycles. The van der Waals surface area contributed by atoms with Crippen molar-refractivity contribution in [2.24, 2.45) is 5.92 Å². The Bertz CT molecular complexity index is 341. The summed E-state index contributed by atoms with van der Waals surface area (Å²) in [5, 5.41) is 3.44. The Kier molecular flexibility index (Phi) is 4.13. The molecule has 0 spiro atoms. The van der Waals surface area contributed by atoms with Crippen molar-refractivity contribution in [3.63, 3.8) is 0 Å². The molecule has 0 bridgehead atoms. The van der Waals surface area contributed by atoms with Crippen LogP contribution in [0.3, 0.4) is 0 Å². The molecule has 1 N–H and O–H groups in total. The zero-order valence-corrected chi connectivity index (χ0v) is 10.9. The van der Waals surface area contributed by atoms with E-state index in [1.54, 1.807) is 0 Å². The molecule has 1 fully saturated rings. The molecule has 0 amide bonds. The van der Waals surface area contributed by atoms with Crippen molar-refractivity contribution >= 4 is 0 Å². The van der Waals surface area contributed by atoms with E-state index in [1.807, 2.05) is 19.3 Å². The highest BCUT2D eigenvalue weighted by Crippen LogP contribution is 2.29. The van der Waals surface area contributed by atoms with Gasteiger partial charge in [0.15, 0.2) is 0 Å². The van der Waals surface area contributed by atoms with Crippen molar-refractivity contribution in [1.29, 1.82) is 0 Å². The minimum atomic E-state index is 0.395. The van der Waals surface area contributed by atoms with Crippen molar-refractivity contribution in [2.45, 2.75) is 38.3 Å². The number of likely N-dealkylation sites (N-methyl/N-ethyl adjacent to an activating group) is 1. The third kappa shape index (κ3) is 2.85. The van der Waals surface area contributed by atoms with Gasteiger partial charge in [0, 0.05) is 29.8 Å². The highest BCUT2D eigenvalue weighted by Gasteiger charge is 2.32. The molecule has 3 heteroatoms. The van der Waals surface area contributed by atoms with Gasteiger partial charge in [-0.2, -0.15) is 0 Å². The first-order valence-corrected chi connectivity index (χ1v) is 6.42. The van der Waals surface area contributed by atoms with E-state index in [9.17, 15) is 0 Å². The summed E-state index contributed by atoms with van der Waals surface area (Å²) in [5.41, 5.74) is 1.16. The van der Waals surface area contributed by atoms with Gasteiger partial charge in [-0.1, -0.05) is 13.0 Å². The molecule has 2 rings (SSSR count). The van der Waals surface area contributed by atoms with Gasteiger partial charge >= 0.3 is 0 Å². The number of pyridine rings is 1. The summed E-state index contributed by atoms with van der Waals surface area (Å²) in [7, 11) is 2.03. The van der Waals surface area contributed by atoms with Crippen molar-refractivity contribution in [1.82, 2.24) is 10.3 Å². The monoisotopic (exact) mass is 234 g/mol. The SMILES string of the molecule is CNC(C1COC(C)C1)C(C)c1ccccn1. The van der Waals surface area contributed by atoms with E-state index in [0.717, 1.165) is 18.7 Å². The fraction of sp³-hybridized carbons (Fsp3) is 0.643. The van der Waals surface area contributed by atoms with E-state index in [2.05, 4.69) is 36.3 Å². The van der Waals surface area contributed by atoms with E-state index in [1.165, 1.54) is 0 Å². The smallest absolute Gasteiger partial charge is 0.0551 e. The summed E-state index contributed by atoms with van der Waals surface area (Å²) >= 11 is 0. The maximum atomic E-state index is 5.67. The van der Waals surface area contributed by atoms with Crippen LogP contribution in [0.1, 0.15) is 31.9 Å². The number of aromatic nitrogens is 1. The minimum absolute atomic E-state index is 0.395. The molecule has 1 aromatic heterocycles. The van der Waals surface area contributed by atoms with Crippen LogP contribution < -0.4 is 5.32 Å². The summed E-state index contributed by atoms with van der Waals surface area (Å²) in [5.74, 6) is 1.01. The van der Waals surface area contributed by atoms with Gasteiger partial charge < -0.3 is 10.1 Å². The number of hydrogen-bond donors (Lipinski definition) is 1. The molecule has 0 aliphatic carbocycles. The standard InChI is InChI=1S/C14H22N2O/c1-10-8-12(9-17-10)14(15-3)11(2)13-6-4-5-7-16-13/h4-7,10-12,14-15H,8-9H2,1-3H3. The molecule has 1 aromatic rings. The highest BCUT2D eigenvalue weighted by atomic mass is 16.5. The molecular formula is C14H22N2O. The van der Waals surface area contributed by atoms with Crippen LogP contribution in [-0.2, 0) is 4.74 Å². The molecule has 4 unspecified atom stereocenters. The van der Waals surface area contributed by atoms with E-state index >= 15 is 0 Å². The average molecular weight is 234 g/mol. The Hall–Kier alpha value is -0.930. The normalized spacial score (nSPS) is 27.9. The fourth-order valence-electron chi connectivity index (χ4n) is 2.82. The van der Waals surface area contributed by atoms with Crippen LogP contribution in [-0.4, -0.2) is 30.8 Å². The summed E-state index contributed by atoms with van der Waals surface area (Å²) < 4.78 is 5.67. The van der Waals surface area contributed by atoms with Gasteiger partial charge in [0.2, 0.25) is 0 Å². The lowest BCUT2D eigenvalue weighted by Gasteiger charge is -2.28. The molecule has 94 valence electrons. The van der Waals surface area contributed by atoms with Crippen molar-refractivity contribution in [3.8, 4) is 0 Å². The molecular weight excluding hydrogens is 212 g/mol. The highest BCUT2D eigenvalue weighted by molar-refractivity contribution is 5.12. The molecule has 17 heavy (non-hydrogen) atoms. The zero-order valence-electron chi connectivity index (χ0n) is 10.9. The molecule has 0 radical (unpaired) electrons. The lowest BCUT2D eigenvalue weighted by atomic mass is 9.86. The van der Waals surface area contributed by atoms with Gasteiger partial charge in [-0.25, -0.2) is 0 Å². The molecule has 4 atom stereocenters. The van der Waals surface area contributed by atoms with E-state index in [0.29, 0.717) is 24.0 Å². The Morgan fingerprint density at radius 3 is 2.82 bits per heavy atom. The van der Waals surface area contributed by atoms with Crippen LogP contribution >= 0.6 is 0 Å². The predicted molar refractivity (Wildman–Crippen MR) is 69.0 cm³/mol. The van der Waals surface area contributed by atoms with E-state index < -0.39 is 0 Å². The van der Waals surface area contributed by atoms with E-state index in [-0.39, 0.29) is 0 Å². The lowest BCUT2D eigenvalue weighted by molar-refractivity contribution is 0.116. The molecule has 0 aromatic carbocycles. The van der Waals surface area contributed by atoms with Gasteiger partial charge in [-0.15, -0.1) is 0 Å². The van der Waals surface area contributed by atoms with E-state index in [4.69, 9.17) is 4.74 Å². The molecule has 3 nitrogen and oxygen atoms in total. The first-order chi connectivity index (χ1) is 8.22. The van der Waals surface area contributed by atoms with Gasteiger partial charge in [0.05, 0.1) is 12.7 Å². The zero-order chi connectivity index (χ0) is 12.3. The number of hydrogen-bond acceptors (Lipinski definition) is 3. The second-order valence-electron chi connectivity index (χ2n) is 5.00. The van der Waals surface area contributed by atoms with Crippen LogP contribution in [0.2, 0.25) is 0 Å². The van der Waals surface area contributed by atoms with Crippen LogP contribution in [0.25, 0.3) is 0 Å². The predicted octanol–water partition coefficient (Wildman–Crippen LogP) is 2.20. The Balaban J connectivity index is 2.08. The van der Waals surface area contributed by atoms with Crippen molar-refractivity contribution in [3.05, 3.63) is 30.1 Å². The maximum absolute atomic E-state index is 5.67. The number of rotatable bonds is 4. The van der Waals surface area contributed by atoms with Gasteiger partial charge in [0.1, 0.15) is 0 Å². The third-order valence-corrected chi connectivity index (χ3v) is 3.76. The molecule has 1 aliphatic rings. The second kappa shape index (κ2) is 5.61. The lowest BCUT2D eigenvalue weighted by Crippen LogP contribution is -2.38. The molecule has 1 aliphatic heterocycles. The largest absolute Gasteiger partial charge is 0.378 e. The summed E-state index contributed by atoms with van der Waals surface area (Å²) in [6, 6.07) is 6.56. The van der Waals surface area contributed by atoms with Crippen LogP contribution in [0.5, 0.6) is 0 Å². The Morgan fingerprint density at radius 1 is 1.47 bits per heavy atom. The Morgan fingerprint density at radius 2 is 2.29 bits per heavy atom. The number of nitrogens with zero attached hydrogens (tertiary/aromatic N) is 1. The molecule has 2 heterocycles. The first-order valence-electron chi connectivity index (χ1n) is 6.42. The number of ether oxygens (including phenoxy) is 1. The van der Waals surface area contributed by atoms with Crippen LogP contribution in [0.15, 0.2) is 24.4 Å². The molecule has 1 saturated heterocycles. The summed E-state index contributed by atoms with van der Waals surface area (Å²) in [6.07, 6.45) is 3.40. The van der Waals surface area contributed by atoms with Crippen molar-refractivity contribution < 1.29 is 4.74 Å². The third-order valence-electron chi connectivity index (χ3n) is 3.76. The summed E-state index contributed by atoms with van der Waals surface area (Å²) in [4.78, 5) is 4.46.